The second-order valence-corrected chi connectivity index (χ2v) is 4.68. The molecule has 0 fully saturated rings. The number of aromatic nitrogens is 2. The lowest BCUT2D eigenvalue weighted by Gasteiger charge is -2.15. The first kappa shape index (κ1) is 15.7. The summed E-state index contributed by atoms with van der Waals surface area (Å²) < 4.78 is 38.4. The molecule has 1 N–H and O–H groups in total. The van der Waals surface area contributed by atoms with Crippen LogP contribution < -0.4 is 5.56 Å². The molecule has 1 aliphatic rings. The molecule has 0 saturated carbocycles. The van der Waals surface area contributed by atoms with Crippen LogP contribution in [0.15, 0.2) is 4.79 Å². The van der Waals surface area contributed by atoms with Crippen molar-refractivity contribution in [1.29, 1.82) is 0 Å². The van der Waals surface area contributed by atoms with Gasteiger partial charge in [-0.2, -0.15) is 18.3 Å². The number of halogens is 3. The van der Waals surface area contributed by atoms with Crippen LogP contribution in [0.3, 0.4) is 0 Å². The fourth-order valence-corrected chi connectivity index (χ4v) is 2.44. The number of alkyl halides is 3. The molecule has 0 aromatic carbocycles. The van der Waals surface area contributed by atoms with Crippen LogP contribution in [0.4, 0.5) is 13.2 Å². The molecule has 0 bridgehead atoms. The number of rotatable bonds is 1. The van der Waals surface area contributed by atoms with Gasteiger partial charge in [-0.1, -0.05) is 27.7 Å². The lowest BCUT2D eigenvalue weighted by atomic mass is 9.93. The summed E-state index contributed by atoms with van der Waals surface area (Å²) in [5.74, 6) is 0.221. The van der Waals surface area contributed by atoms with Gasteiger partial charge in [0.05, 0.1) is 5.69 Å². The van der Waals surface area contributed by atoms with Crippen LogP contribution in [0.5, 0.6) is 0 Å². The van der Waals surface area contributed by atoms with E-state index in [1.807, 2.05) is 32.8 Å². The topological polar surface area (TPSA) is 45.8 Å². The Bertz CT molecular complexity index is 492. The van der Waals surface area contributed by atoms with Crippen molar-refractivity contribution >= 4 is 0 Å². The lowest BCUT2D eigenvalue weighted by molar-refractivity contribution is -0.139. The zero-order valence-corrected chi connectivity index (χ0v) is 11.6. The highest BCUT2D eigenvalue weighted by Gasteiger charge is 2.41. The average molecular weight is 276 g/mol. The largest absolute Gasteiger partial charge is 0.422 e. The van der Waals surface area contributed by atoms with E-state index in [1.165, 1.54) is 0 Å². The maximum absolute atomic E-state index is 12.8. The summed E-state index contributed by atoms with van der Waals surface area (Å²) in [6, 6.07) is 0. The van der Waals surface area contributed by atoms with Crippen molar-refractivity contribution in [3.63, 3.8) is 0 Å². The molecule has 1 aliphatic carbocycles. The number of hydrogen-bond donors (Lipinski definition) is 1. The third kappa shape index (κ3) is 2.98. The fourth-order valence-electron chi connectivity index (χ4n) is 2.44. The summed E-state index contributed by atoms with van der Waals surface area (Å²) >= 11 is 0. The monoisotopic (exact) mass is 276 g/mol. The predicted octanol–water partition coefficient (Wildman–Crippen LogP) is 3.50. The van der Waals surface area contributed by atoms with Crippen molar-refractivity contribution in [1.82, 2.24) is 10.2 Å². The number of hydrogen-bond acceptors (Lipinski definition) is 2. The number of H-pyrrole nitrogens is 1. The molecule has 6 heteroatoms. The van der Waals surface area contributed by atoms with Gasteiger partial charge in [-0.3, -0.25) is 4.79 Å². The van der Waals surface area contributed by atoms with Crippen molar-refractivity contribution < 1.29 is 13.2 Å². The normalized spacial score (nSPS) is 18.0. The second kappa shape index (κ2) is 5.75. The van der Waals surface area contributed by atoms with E-state index in [1.54, 1.807) is 0 Å². The molecule has 0 saturated heterocycles. The summed E-state index contributed by atoms with van der Waals surface area (Å²) in [6.07, 6.45) is -3.70. The van der Waals surface area contributed by atoms with Gasteiger partial charge in [0.2, 0.25) is 0 Å². The van der Waals surface area contributed by atoms with Crippen LogP contribution in [0.25, 0.3) is 0 Å². The second-order valence-electron chi connectivity index (χ2n) is 4.68. The Morgan fingerprint density at radius 1 is 1.32 bits per heavy atom. The molecule has 0 radical (unpaired) electrons. The molecule has 3 nitrogen and oxygen atoms in total. The van der Waals surface area contributed by atoms with Gasteiger partial charge in [0.25, 0.3) is 5.56 Å². The van der Waals surface area contributed by atoms with Gasteiger partial charge in [0.1, 0.15) is 5.56 Å². The SMILES string of the molecule is CC.CC(C)C1CCc2c1n[nH]c(=O)c2C(F)(F)F. The molecule has 1 unspecified atom stereocenters. The average Bonchev–Trinajstić information content (AvgIpc) is 2.73. The van der Waals surface area contributed by atoms with Gasteiger partial charge < -0.3 is 0 Å². The Kier molecular flexibility index (Phi) is 4.76. The summed E-state index contributed by atoms with van der Waals surface area (Å²) in [5.41, 5.74) is -1.71. The van der Waals surface area contributed by atoms with Crippen LogP contribution >= 0.6 is 0 Å². The summed E-state index contributed by atoms with van der Waals surface area (Å²) in [7, 11) is 0. The third-order valence-electron chi connectivity index (χ3n) is 3.26. The minimum absolute atomic E-state index is 0.00273. The minimum atomic E-state index is -4.60. The summed E-state index contributed by atoms with van der Waals surface area (Å²) in [5, 5.41) is 5.76. The maximum atomic E-state index is 12.8. The highest BCUT2D eigenvalue weighted by atomic mass is 19.4. The molecule has 108 valence electrons. The molecular weight excluding hydrogens is 257 g/mol. The first-order chi connectivity index (χ1) is 8.82. The first-order valence-corrected chi connectivity index (χ1v) is 6.51. The quantitative estimate of drug-likeness (QED) is 0.853. The van der Waals surface area contributed by atoms with E-state index in [4.69, 9.17) is 0 Å². The molecule has 0 aliphatic heterocycles. The van der Waals surface area contributed by atoms with Crippen molar-refractivity contribution in [3.8, 4) is 0 Å². The predicted molar refractivity (Wildman–Crippen MR) is 67.1 cm³/mol. The molecule has 1 heterocycles. The lowest BCUT2D eigenvalue weighted by Crippen LogP contribution is -2.26. The van der Waals surface area contributed by atoms with Crippen LogP contribution in [0.2, 0.25) is 0 Å². The van der Waals surface area contributed by atoms with Gasteiger partial charge in [-0.25, -0.2) is 5.10 Å². The van der Waals surface area contributed by atoms with E-state index >= 15 is 0 Å². The molecule has 1 aromatic rings. The van der Waals surface area contributed by atoms with Crippen molar-refractivity contribution in [2.45, 2.75) is 52.6 Å². The number of aromatic amines is 1. The Hall–Kier alpha value is -1.33. The molecule has 0 spiro atoms. The maximum Gasteiger partial charge on any atom is 0.422 e. The Labute approximate surface area is 110 Å². The van der Waals surface area contributed by atoms with Gasteiger partial charge >= 0.3 is 6.18 Å². The van der Waals surface area contributed by atoms with Crippen LogP contribution in [-0.2, 0) is 12.6 Å². The molecule has 0 amide bonds. The van der Waals surface area contributed by atoms with Crippen LogP contribution in [0.1, 0.15) is 56.9 Å². The highest BCUT2D eigenvalue weighted by Crippen LogP contribution is 2.41. The van der Waals surface area contributed by atoms with E-state index in [9.17, 15) is 18.0 Å². The van der Waals surface area contributed by atoms with E-state index in [0.29, 0.717) is 12.1 Å². The van der Waals surface area contributed by atoms with Crippen molar-refractivity contribution in [2.75, 3.05) is 0 Å². The van der Waals surface area contributed by atoms with Crippen LogP contribution in [0, 0.1) is 5.92 Å². The fraction of sp³-hybridized carbons (Fsp3) is 0.692. The number of fused-ring (bicyclic) bond motifs is 1. The van der Waals surface area contributed by atoms with E-state index < -0.39 is 17.3 Å². The molecule has 1 aromatic heterocycles. The van der Waals surface area contributed by atoms with E-state index in [-0.39, 0.29) is 23.8 Å². The van der Waals surface area contributed by atoms with Gasteiger partial charge in [0, 0.05) is 5.92 Å². The van der Waals surface area contributed by atoms with Crippen molar-refractivity contribution in [2.24, 2.45) is 5.92 Å². The molecular formula is C13H19F3N2O. The van der Waals surface area contributed by atoms with E-state index in [0.717, 1.165) is 0 Å². The van der Waals surface area contributed by atoms with E-state index in [2.05, 4.69) is 5.10 Å². The summed E-state index contributed by atoms with van der Waals surface area (Å²) in [4.78, 5) is 11.3. The van der Waals surface area contributed by atoms with Crippen molar-refractivity contribution in [3.05, 3.63) is 27.2 Å². The zero-order valence-electron chi connectivity index (χ0n) is 11.6. The Morgan fingerprint density at radius 3 is 2.37 bits per heavy atom. The first-order valence-electron chi connectivity index (χ1n) is 6.51. The Morgan fingerprint density at radius 2 is 1.89 bits per heavy atom. The zero-order chi connectivity index (χ0) is 14.8. The van der Waals surface area contributed by atoms with Gasteiger partial charge in [0.15, 0.2) is 0 Å². The summed E-state index contributed by atoms with van der Waals surface area (Å²) in [6.45, 7) is 7.89. The third-order valence-corrected chi connectivity index (χ3v) is 3.26. The molecule has 19 heavy (non-hydrogen) atoms. The standard InChI is InChI=1S/C11H13F3N2O.C2H6/c1-5(2)6-3-4-7-8(11(12,13)14)10(17)16-15-9(6)7;1-2/h5-6H,3-4H2,1-2H3,(H,16,17);1-2H3. The number of nitrogens with zero attached hydrogens (tertiary/aromatic N) is 1. The van der Waals surface area contributed by atoms with Gasteiger partial charge in [-0.15, -0.1) is 0 Å². The highest BCUT2D eigenvalue weighted by molar-refractivity contribution is 5.36. The van der Waals surface area contributed by atoms with Crippen LogP contribution in [-0.4, -0.2) is 10.2 Å². The Balaban J connectivity index is 0.000000861. The number of nitrogens with one attached hydrogen (secondary N) is 1. The molecule has 2 rings (SSSR count). The van der Waals surface area contributed by atoms with Gasteiger partial charge in [-0.05, 0) is 24.3 Å². The smallest absolute Gasteiger partial charge is 0.267 e. The minimum Gasteiger partial charge on any atom is -0.267 e. The molecule has 1 atom stereocenters.